The maximum absolute atomic E-state index is 12.4. The summed E-state index contributed by atoms with van der Waals surface area (Å²) in [6, 6.07) is -0.543. The molecule has 0 fully saturated rings. The van der Waals surface area contributed by atoms with E-state index in [2.05, 4.69) is 116 Å². The predicted molar refractivity (Wildman–Crippen MR) is 266 cm³/mol. The molecule has 0 bridgehead atoms. The number of unbranched alkanes of at least 4 members (excludes halogenated alkanes) is 22. The Morgan fingerprint density at radius 3 is 1.10 bits per heavy atom. The molecule has 0 aliphatic rings. The lowest BCUT2D eigenvalue weighted by Gasteiger charge is -2.22. The Hall–Kier alpha value is -2.69. The molecule has 0 spiro atoms. The number of amides is 1. The first-order chi connectivity index (χ1) is 29.7. The number of aliphatic hydroxyl groups excluding tert-OH is 2. The van der Waals surface area contributed by atoms with Gasteiger partial charge in [-0.15, -0.1) is 0 Å². The second kappa shape index (κ2) is 50.7. The van der Waals surface area contributed by atoms with Crippen LogP contribution in [-0.4, -0.2) is 34.9 Å². The molecule has 0 saturated carbocycles. The van der Waals surface area contributed by atoms with E-state index in [0.717, 1.165) is 77.0 Å². The Labute approximate surface area is 373 Å². The third-order valence-corrected chi connectivity index (χ3v) is 11.1. The van der Waals surface area contributed by atoms with Gasteiger partial charge in [-0.2, -0.15) is 0 Å². The molecule has 0 heterocycles. The minimum absolute atomic E-state index is 0.0402. The molecule has 2 unspecified atom stereocenters. The number of hydrogen-bond donors (Lipinski definition) is 3. The molecule has 4 heteroatoms. The molecule has 0 radical (unpaired) electrons. The zero-order valence-electron chi connectivity index (χ0n) is 39.4. The molecule has 0 rings (SSSR count). The first-order valence-corrected chi connectivity index (χ1v) is 25.4. The minimum Gasteiger partial charge on any atom is -0.394 e. The van der Waals surface area contributed by atoms with Gasteiger partial charge in [0.2, 0.25) is 5.91 Å². The highest BCUT2D eigenvalue weighted by Gasteiger charge is 2.20. The summed E-state index contributed by atoms with van der Waals surface area (Å²) in [5.74, 6) is -0.0402. The fourth-order valence-corrected chi connectivity index (χ4v) is 7.26. The van der Waals surface area contributed by atoms with Crippen molar-refractivity contribution in [1.82, 2.24) is 5.32 Å². The van der Waals surface area contributed by atoms with Crippen LogP contribution in [0.1, 0.15) is 232 Å². The van der Waals surface area contributed by atoms with E-state index in [4.69, 9.17) is 0 Å². The predicted octanol–water partition coefficient (Wildman–Crippen LogP) is 16.6. The van der Waals surface area contributed by atoms with Crippen molar-refractivity contribution in [3.8, 4) is 0 Å². The molecule has 0 aliphatic heterocycles. The summed E-state index contributed by atoms with van der Waals surface area (Å²) in [5, 5.41) is 23.2. The normalized spacial score (nSPS) is 13.7. The first-order valence-electron chi connectivity index (χ1n) is 25.4. The molecule has 0 aromatic heterocycles. The Morgan fingerprint density at radius 2 is 0.733 bits per heavy atom. The zero-order valence-corrected chi connectivity index (χ0v) is 39.4. The van der Waals surface area contributed by atoms with Crippen LogP contribution in [0.25, 0.3) is 0 Å². The van der Waals surface area contributed by atoms with Gasteiger partial charge in [-0.3, -0.25) is 4.79 Å². The average molecular weight is 832 g/mol. The Kier molecular flexibility index (Phi) is 48.4. The third-order valence-electron chi connectivity index (χ3n) is 11.1. The van der Waals surface area contributed by atoms with E-state index in [1.807, 2.05) is 0 Å². The SMILES string of the molecule is CC/C=C\C/C=C\C/C=C\C/C=C\C/C=C\C/C=C\C/C=C\C/C=C\CCCCCCCCCCCCC(=O)NC(CO)C(O)CCCCCCCCCCCCCCC. The molecule has 0 saturated heterocycles. The summed E-state index contributed by atoms with van der Waals surface area (Å²) in [4.78, 5) is 12.4. The summed E-state index contributed by atoms with van der Waals surface area (Å²) in [5.41, 5.74) is 0. The van der Waals surface area contributed by atoms with Gasteiger partial charge in [0.15, 0.2) is 0 Å². The number of hydrogen-bond acceptors (Lipinski definition) is 3. The second-order valence-corrected chi connectivity index (χ2v) is 16.9. The Balaban J connectivity index is 3.57. The van der Waals surface area contributed by atoms with Gasteiger partial charge >= 0.3 is 0 Å². The molecular weight excluding hydrogens is 735 g/mol. The lowest BCUT2D eigenvalue weighted by atomic mass is 10.0. The van der Waals surface area contributed by atoms with Crippen molar-refractivity contribution in [2.45, 2.75) is 244 Å². The van der Waals surface area contributed by atoms with Crippen LogP contribution in [0.2, 0.25) is 0 Å². The zero-order chi connectivity index (χ0) is 43.5. The van der Waals surface area contributed by atoms with E-state index in [1.165, 1.54) is 128 Å². The Bertz CT molecular complexity index is 1130. The molecule has 2 atom stereocenters. The van der Waals surface area contributed by atoms with E-state index < -0.39 is 12.1 Å². The van der Waals surface area contributed by atoms with Crippen LogP contribution >= 0.6 is 0 Å². The summed E-state index contributed by atoms with van der Waals surface area (Å²) in [6.07, 6.45) is 75.1. The Morgan fingerprint density at radius 1 is 0.417 bits per heavy atom. The summed E-state index contributed by atoms with van der Waals surface area (Å²) in [7, 11) is 0. The summed E-state index contributed by atoms with van der Waals surface area (Å²) in [6.45, 7) is 4.23. The van der Waals surface area contributed by atoms with Crippen LogP contribution in [-0.2, 0) is 4.79 Å². The van der Waals surface area contributed by atoms with Crippen molar-refractivity contribution in [2.24, 2.45) is 0 Å². The van der Waals surface area contributed by atoms with Crippen molar-refractivity contribution in [1.29, 1.82) is 0 Å². The van der Waals surface area contributed by atoms with Gasteiger partial charge in [-0.05, 0) is 77.0 Å². The fraction of sp³-hybridized carbons (Fsp3) is 0.696. The van der Waals surface area contributed by atoms with Crippen LogP contribution in [0.3, 0.4) is 0 Å². The molecule has 0 aromatic carbocycles. The third kappa shape index (κ3) is 46.4. The van der Waals surface area contributed by atoms with Crippen molar-refractivity contribution >= 4 is 5.91 Å². The van der Waals surface area contributed by atoms with E-state index in [-0.39, 0.29) is 12.5 Å². The van der Waals surface area contributed by atoms with Crippen LogP contribution in [0, 0.1) is 0 Å². The quantitative estimate of drug-likeness (QED) is 0.0423. The van der Waals surface area contributed by atoms with E-state index in [1.54, 1.807) is 0 Å². The van der Waals surface area contributed by atoms with E-state index in [0.29, 0.717) is 12.8 Å². The largest absolute Gasteiger partial charge is 0.394 e. The number of nitrogens with one attached hydrogen (secondary N) is 1. The van der Waals surface area contributed by atoms with Crippen LogP contribution in [0.4, 0.5) is 0 Å². The molecule has 3 N–H and O–H groups in total. The van der Waals surface area contributed by atoms with Gasteiger partial charge in [-0.1, -0.05) is 246 Å². The molecule has 0 aliphatic carbocycles. The lowest BCUT2D eigenvalue weighted by molar-refractivity contribution is -0.123. The molecule has 0 aromatic rings. The molecule has 60 heavy (non-hydrogen) atoms. The molecule has 344 valence electrons. The number of aliphatic hydroxyl groups is 2. The molecule has 4 nitrogen and oxygen atoms in total. The lowest BCUT2D eigenvalue weighted by Crippen LogP contribution is -2.45. The van der Waals surface area contributed by atoms with Gasteiger partial charge in [-0.25, -0.2) is 0 Å². The maximum Gasteiger partial charge on any atom is 0.220 e. The van der Waals surface area contributed by atoms with Crippen molar-refractivity contribution in [3.05, 3.63) is 97.2 Å². The van der Waals surface area contributed by atoms with Gasteiger partial charge in [0.05, 0.1) is 18.8 Å². The first kappa shape index (κ1) is 57.3. The van der Waals surface area contributed by atoms with Crippen molar-refractivity contribution in [2.75, 3.05) is 6.61 Å². The van der Waals surface area contributed by atoms with E-state index >= 15 is 0 Å². The van der Waals surface area contributed by atoms with Gasteiger partial charge < -0.3 is 15.5 Å². The van der Waals surface area contributed by atoms with Crippen molar-refractivity contribution < 1.29 is 15.0 Å². The average Bonchev–Trinajstić information content (AvgIpc) is 3.25. The van der Waals surface area contributed by atoms with Crippen LogP contribution in [0.15, 0.2) is 97.2 Å². The number of carbonyl (C=O) groups excluding carboxylic acids is 1. The van der Waals surface area contributed by atoms with Crippen LogP contribution < -0.4 is 5.32 Å². The molecular formula is C56H97NO3. The van der Waals surface area contributed by atoms with Gasteiger partial charge in [0, 0.05) is 6.42 Å². The van der Waals surface area contributed by atoms with Crippen molar-refractivity contribution in [3.63, 3.8) is 0 Å². The number of allylic oxidation sites excluding steroid dienone is 16. The van der Waals surface area contributed by atoms with Gasteiger partial charge in [0.25, 0.3) is 0 Å². The topological polar surface area (TPSA) is 69.6 Å². The summed E-state index contributed by atoms with van der Waals surface area (Å²) < 4.78 is 0. The van der Waals surface area contributed by atoms with Crippen LogP contribution in [0.5, 0.6) is 0 Å². The number of carbonyl (C=O) groups is 1. The number of rotatable bonds is 45. The highest BCUT2D eigenvalue weighted by Crippen LogP contribution is 2.15. The second-order valence-electron chi connectivity index (χ2n) is 16.9. The monoisotopic (exact) mass is 832 g/mol. The fourth-order valence-electron chi connectivity index (χ4n) is 7.26. The highest BCUT2D eigenvalue weighted by molar-refractivity contribution is 5.76. The molecule has 1 amide bonds. The van der Waals surface area contributed by atoms with Gasteiger partial charge in [0.1, 0.15) is 0 Å². The van der Waals surface area contributed by atoms with E-state index in [9.17, 15) is 15.0 Å². The highest BCUT2D eigenvalue weighted by atomic mass is 16.3. The minimum atomic E-state index is -0.666. The standard InChI is InChI=1S/C56H97NO3/c1-3-5-7-9-11-13-15-17-18-19-20-21-22-23-24-25-26-27-28-29-30-31-32-33-34-35-36-37-38-40-42-44-46-48-50-52-56(60)57-54(53-58)55(59)51-49-47-45-43-41-39-16-14-12-10-8-6-4-2/h5,7,11,13,17-18,20-21,23-24,26-27,29-30,32-33,54-55,58-59H,3-4,6,8-10,12,14-16,19,22,25,28,31,34-53H2,1-2H3,(H,57,60)/b7-5-,13-11-,18-17-,21-20-,24-23-,27-26-,30-29-,33-32-. The summed E-state index contributed by atoms with van der Waals surface area (Å²) >= 11 is 0. The maximum atomic E-state index is 12.4. The smallest absolute Gasteiger partial charge is 0.220 e.